The summed E-state index contributed by atoms with van der Waals surface area (Å²) in [7, 11) is 1.62. The molecule has 1 saturated heterocycles. The lowest BCUT2D eigenvalue weighted by atomic mass is 9.68. The molecule has 0 bridgehead atoms. The summed E-state index contributed by atoms with van der Waals surface area (Å²) in [4.78, 5) is 28.4. The van der Waals surface area contributed by atoms with Crippen LogP contribution in [0.4, 0.5) is 0 Å². The Kier molecular flexibility index (Phi) is 6.18. The number of nitrogens with zero attached hydrogens (tertiary/aromatic N) is 2. The van der Waals surface area contributed by atoms with Crippen LogP contribution < -0.4 is 0 Å². The number of methoxy groups -OCH3 is 1. The first-order valence-electron chi connectivity index (χ1n) is 8.37. The largest absolute Gasteiger partial charge is 0.481 e. The highest BCUT2D eigenvalue weighted by atomic mass is 16.5. The topological polar surface area (TPSA) is 70.1 Å². The van der Waals surface area contributed by atoms with Gasteiger partial charge in [-0.1, -0.05) is 18.6 Å². The summed E-state index contributed by atoms with van der Waals surface area (Å²) in [6.45, 7) is 5.20. The van der Waals surface area contributed by atoms with E-state index in [9.17, 15) is 14.7 Å². The number of ether oxygens (including phenoxy) is 1. The minimum Gasteiger partial charge on any atom is -0.481 e. The number of allylic oxidation sites excluding steroid dienone is 1. The van der Waals surface area contributed by atoms with E-state index in [-0.39, 0.29) is 5.91 Å². The van der Waals surface area contributed by atoms with E-state index in [1.54, 1.807) is 12.0 Å². The lowest BCUT2D eigenvalue weighted by molar-refractivity contribution is -0.153. The van der Waals surface area contributed by atoms with Crippen molar-refractivity contribution in [1.29, 1.82) is 0 Å². The molecule has 1 saturated carbocycles. The van der Waals surface area contributed by atoms with Crippen LogP contribution in [-0.4, -0.2) is 73.2 Å². The van der Waals surface area contributed by atoms with Crippen molar-refractivity contribution in [3.05, 3.63) is 12.2 Å². The number of hydrogen-bond donors (Lipinski definition) is 1. The van der Waals surface area contributed by atoms with Crippen LogP contribution in [0.3, 0.4) is 0 Å². The van der Waals surface area contributed by atoms with Gasteiger partial charge in [-0.15, -0.1) is 0 Å². The Morgan fingerprint density at radius 2 is 2.04 bits per heavy atom. The maximum absolute atomic E-state index is 13.0. The number of rotatable bonds is 6. The van der Waals surface area contributed by atoms with E-state index in [0.717, 1.165) is 25.8 Å². The van der Waals surface area contributed by atoms with Crippen molar-refractivity contribution in [3.8, 4) is 0 Å². The molecule has 1 aliphatic heterocycles. The molecule has 2 aliphatic rings. The van der Waals surface area contributed by atoms with Gasteiger partial charge in [0.25, 0.3) is 0 Å². The predicted molar refractivity (Wildman–Crippen MR) is 87.1 cm³/mol. The van der Waals surface area contributed by atoms with Crippen molar-refractivity contribution in [1.82, 2.24) is 9.80 Å². The van der Waals surface area contributed by atoms with Gasteiger partial charge in [-0.05, 0) is 19.8 Å². The van der Waals surface area contributed by atoms with Crippen molar-refractivity contribution >= 4 is 11.9 Å². The standard InChI is InChI=1S/C17H28N2O4/c1-3-4-8-18-9-10-19(12-14(11-18)15(20)21)16(22)17(13-23-2)6-5-7-17/h3-4,14H,5-13H2,1-2H3,(H,20,21). The molecule has 0 radical (unpaired) electrons. The number of carbonyl (C=O) groups is 2. The summed E-state index contributed by atoms with van der Waals surface area (Å²) < 4.78 is 5.26. The Labute approximate surface area is 138 Å². The summed E-state index contributed by atoms with van der Waals surface area (Å²) in [5.41, 5.74) is -0.420. The Morgan fingerprint density at radius 1 is 1.30 bits per heavy atom. The number of aliphatic carboxylic acids is 1. The maximum Gasteiger partial charge on any atom is 0.309 e. The molecule has 0 aromatic rings. The zero-order chi connectivity index (χ0) is 16.9. The molecule has 1 heterocycles. The van der Waals surface area contributed by atoms with Crippen molar-refractivity contribution < 1.29 is 19.4 Å². The average Bonchev–Trinajstić information content (AvgIpc) is 2.71. The second kappa shape index (κ2) is 7.93. The van der Waals surface area contributed by atoms with Gasteiger partial charge in [-0.2, -0.15) is 0 Å². The van der Waals surface area contributed by atoms with E-state index < -0.39 is 17.3 Å². The van der Waals surface area contributed by atoms with Crippen LogP contribution in [0.15, 0.2) is 12.2 Å². The van der Waals surface area contributed by atoms with Crippen molar-refractivity contribution in [2.45, 2.75) is 26.2 Å². The highest BCUT2D eigenvalue weighted by molar-refractivity contribution is 5.84. The fraction of sp³-hybridized carbons (Fsp3) is 0.765. The molecule has 0 aromatic heterocycles. The van der Waals surface area contributed by atoms with Crippen LogP contribution >= 0.6 is 0 Å². The molecule has 1 N–H and O–H groups in total. The van der Waals surface area contributed by atoms with Crippen LogP contribution in [0.2, 0.25) is 0 Å². The van der Waals surface area contributed by atoms with Gasteiger partial charge in [0.1, 0.15) is 0 Å². The smallest absolute Gasteiger partial charge is 0.309 e. The molecule has 2 rings (SSSR count). The first-order valence-corrected chi connectivity index (χ1v) is 8.37. The van der Waals surface area contributed by atoms with Gasteiger partial charge < -0.3 is 14.7 Å². The highest BCUT2D eigenvalue weighted by Crippen LogP contribution is 2.43. The van der Waals surface area contributed by atoms with E-state index >= 15 is 0 Å². The third-order valence-electron chi connectivity index (χ3n) is 5.03. The molecular formula is C17H28N2O4. The number of carbonyl (C=O) groups excluding carboxylic acids is 1. The van der Waals surface area contributed by atoms with Gasteiger partial charge in [0, 0.05) is 39.8 Å². The molecule has 1 aliphatic carbocycles. The minimum absolute atomic E-state index is 0.0738. The quantitative estimate of drug-likeness (QED) is 0.744. The molecule has 1 unspecified atom stereocenters. The van der Waals surface area contributed by atoms with Gasteiger partial charge in [-0.3, -0.25) is 14.5 Å². The van der Waals surface area contributed by atoms with Crippen molar-refractivity contribution in [3.63, 3.8) is 0 Å². The van der Waals surface area contributed by atoms with E-state index in [1.165, 1.54) is 0 Å². The van der Waals surface area contributed by atoms with E-state index in [0.29, 0.717) is 32.8 Å². The molecule has 0 spiro atoms. The molecule has 6 heteroatoms. The third-order valence-corrected chi connectivity index (χ3v) is 5.03. The van der Waals surface area contributed by atoms with Crippen LogP contribution in [0.25, 0.3) is 0 Å². The van der Waals surface area contributed by atoms with Crippen LogP contribution in [0, 0.1) is 11.3 Å². The first-order chi connectivity index (χ1) is 11.0. The molecule has 1 atom stereocenters. The second-order valence-corrected chi connectivity index (χ2v) is 6.68. The summed E-state index contributed by atoms with van der Waals surface area (Å²) >= 11 is 0. The Morgan fingerprint density at radius 3 is 2.57 bits per heavy atom. The fourth-order valence-electron chi connectivity index (χ4n) is 3.48. The molecule has 23 heavy (non-hydrogen) atoms. The summed E-state index contributed by atoms with van der Waals surface area (Å²) in [6.07, 6.45) is 6.71. The fourth-order valence-corrected chi connectivity index (χ4v) is 3.48. The number of carboxylic acids is 1. The van der Waals surface area contributed by atoms with Crippen LogP contribution in [0.5, 0.6) is 0 Å². The second-order valence-electron chi connectivity index (χ2n) is 6.68. The van der Waals surface area contributed by atoms with Gasteiger partial charge in [0.15, 0.2) is 0 Å². The molecule has 0 aromatic carbocycles. The number of carboxylic acid groups (broad SMARTS) is 1. The minimum atomic E-state index is -0.829. The summed E-state index contributed by atoms with van der Waals surface area (Å²) in [5.74, 6) is -1.29. The Balaban J connectivity index is 2.09. The average molecular weight is 324 g/mol. The zero-order valence-electron chi connectivity index (χ0n) is 14.2. The first kappa shape index (κ1) is 17.9. The van der Waals surface area contributed by atoms with E-state index in [2.05, 4.69) is 4.90 Å². The van der Waals surface area contributed by atoms with Gasteiger partial charge in [0.05, 0.1) is 17.9 Å². The van der Waals surface area contributed by atoms with E-state index in [1.807, 2.05) is 19.1 Å². The van der Waals surface area contributed by atoms with E-state index in [4.69, 9.17) is 4.74 Å². The van der Waals surface area contributed by atoms with Gasteiger partial charge in [-0.25, -0.2) is 0 Å². The molecule has 1 amide bonds. The predicted octanol–water partition coefficient (Wildman–Crippen LogP) is 1.22. The third kappa shape index (κ3) is 4.12. The normalized spacial score (nSPS) is 25.1. The number of hydrogen-bond acceptors (Lipinski definition) is 4. The summed E-state index contributed by atoms with van der Waals surface area (Å²) in [5, 5.41) is 9.48. The SMILES string of the molecule is CC=CCN1CCN(C(=O)C2(COC)CCC2)CC(C(=O)O)C1. The van der Waals surface area contributed by atoms with Crippen LogP contribution in [-0.2, 0) is 14.3 Å². The Bertz CT molecular complexity index is 460. The van der Waals surface area contributed by atoms with Crippen LogP contribution in [0.1, 0.15) is 26.2 Å². The number of amides is 1. The van der Waals surface area contributed by atoms with Crippen molar-refractivity contribution in [2.24, 2.45) is 11.3 Å². The van der Waals surface area contributed by atoms with Gasteiger partial charge in [0.2, 0.25) is 5.91 Å². The zero-order valence-corrected chi connectivity index (χ0v) is 14.2. The lowest BCUT2D eigenvalue weighted by Gasteiger charge is -2.43. The summed E-state index contributed by atoms with van der Waals surface area (Å²) in [6, 6.07) is 0. The Hall–Kier alpha value is -1.40. The van der Waals surface area contributed by atoms with Crippen molar-refractivity contribution in [2.75, 3.05) is 46.4 Å². The maximum atomic E-state index is 13.0. The monoisotopic (exact) mass is 324 g/mol. The molecule has 6 nitrogen and oxygen atoms in total. The van der Waals surface area contributed by atoms with Gasteiger partial charge >= 0.3 is 5.97 Å². The molecule has 2 fully saturated rings. The lowest BCUT2D eigenvalue weighted by Crippen LogP contribution is -2.52. The highest BCUT2D eigenvalue weighted by Gasteiger charge is 2.47. The molecular weight excluding hydrogens is 296 g/mol. The molecule has 130 valence electrons.